The quantitative estimate of drug-likeness (QED) is 0.809. The molecule has 0 aromatic carbocycles. The van der Waals surface area contributed by atoms with Crippen molar-refractivity contribution >= 4 is 0 Å². The zero-order valence-corrected chi connectivity index (χ0v) is 10.9. The Balaban J connectivity index is 1.44. The summed E-state index contributed by atoms with van der Waals surface area (Å²) in [6.45, 7) is 1.46. The van der Waals surface area contributed by atoms with Crippen LogP contribution in [-0.2, 0) is 6.54 Å². The minimum absolute atomic E-state index is 0.165. The van der Waals surface area contributed by atoms with E-state index < -0.39 is 0 Å². The minimum Gasteiger partial charge on any atom is -0.392 e. The van der Waals surface area contributed by atoms with Crippen molar-refractivity contribution in [1.82, 2.24) is 15.1 Å². The third kappa shape index (κ3) is 2.93. The number of aliphatic hydroxyl groups excluding tert-OH is 1. The minimum atomic E-state index is -0.165. The molecule has 18 heavy (non-hydrogen) atoms. The van der Waals surface area contributed by atoms with Crippen LogP contribution in [-0.4, -0.2) is 27.5 Å². The summed E-state index contributed by atoms with van der Waals surface area (Å²) in [5.41, 5.74) is 1.09. The average molecular weight is 249 g/mol. The number of aromatic nitrogens is 2. The standard InChI is InChI=1S/C14H23N3O/c18-14(11-5-6-11)10-15-9-12-7-8-17(16-12)13-3-1-2-4-13/h7-8,11,13-15,18H,1-6,9-10H2. The molecule has 0 bridgehead atoms. The van der Waals surface area contributed by atoms with E-state index in [0.717, 1.165) is 12.2 Å². The topological polar surface area (TPSA) is 50.1 Å². The van der Waals surface area contributed by atoms with Gasteiger partial charge in [-0.05, 0) is 37.7 Å². The highest BCUT2D eigenvalue weighted by Crippen LogP contribution is 2.32. The highest BCUT2D eigenvalue weighted by atomic mass is 16.3. The molecule has 0 amide bonds. The van der Waals surface area contributed by atoms with Gasteiger partial charge < -0.3 is 10.4 Å². The Kier molecular flexibility index (Phi) is 3.66. The first-order chi connectivity index (χ1) is 8.83. The number of rotatable bonds is 6. The number of hydrogen-bond donors (Lipinski definition) is 2. The first-order valence-electron chi connectivity index (χ1n) is 7.26. The van der Waals surface area contributed by atoms with Crippen LogP contribution in [0, 0.1) is 5.92 Å². The Morgan fingerprint density at radius 3 is 2.83 bits per heavy atom. The molecule has 2 saturated carbocycles. The van der Waals surface area contributed by atoms with Crippen molar-refractivity contribution in [3.63, 3.8) is 0 Å². The van der Waals surface area contributed by atoms with Crippen LogP contribution in [0.15, 0.2) is 12.3 Å². The zero-order valence-electron chi connectivity index (χ0n) is 10.9. The molecule has 4 nitrogen and oxygen atoms in total. The Morgan fingerprint density at radius 1 is 1.33 bits per heavy atom. The van der Waals surface area contributed by atoms with Gasteiger partial charge in [-0.2, -0.15) is 5.10 Å². The van der Waals surface area contributed by atoms with Gasteiger partial charge in [-0.25, -0.2) is 0 Å². The van der Waals surface area contributed by atoms with Crippen molar-refractivity contribution in [2.75, 3.05) is 6.54 Å². The van der Waals surface area contributed by atoms with E-state index in [0.29, 0.717) is 18.5 Å². The smallest absolute Gasteiger partial charge is 0.0762 e. The van der Waals surface area contributed by atoms with Crippen LogP contribution in [0.4, 0.5) is 0 Å². The van der Waals surface area contributed by atoms with Gasteiger partial charge in [0, 0.05) is 19.3 Å². The normalized spacial score (nSPS) is 22.5. The highest BCUT2D eigenvalue weighted by molar-refractivity contribution is 5.00. The molecule has 1 aromatic rings. The van der Waals surface area contributed by atoms with Crippen LogP contribution in [0.1, 0.15) is 50.3 Å². The molecule has 2 aliphatic rings. The van der Waals surface area contributed by atoms with E-state index in [1.54, 1.807) is 0 Å². The third-order valence-electron chi connectivity index (χ3n) is 4.19. The summed E-state index contributed by atoms with van der Waals surface area (Å²) in [4.78, 5) is 0. The predicted octanol–water partition coefficient (Wildman–Crippen LogP) is 1.86. The SMILES string of the molecule is OC(CNCc1ccn(C2CCCC2)n1)C1CC1. The first-order valence-corrected chi connectivity index (χ1v) is 7.26. The lowest BCUT2D eigenvalue weighted by Crippen LogP contribution is -2.28. The van der Waals surface area contributed by atoms with Crippen LogP contribution >= 0.6 is 0 Å². The third-order valence-corrected chi connectivity index (χ3v) is 4.19. The molecule has 3 rings (SSSR count). The lowest BCUT2D eigenvalue weighted by Gasteiger charge is -2.10. The largest absolute Gasteiger partial charge is 0.392 e. The molecule has 0 radical (unpaired) electrons. The van der Waals surface area contributed by atoms with Crippen LogP contribution in [0.5, 0.6) is 0 Å². The fraction of sp³-hybridized carbons (Fsp3) is 0.786. The Morgan fingerprint density at radius 2 is 2.11 bits per heavy atom. The summed E-state index contributed by atoms with van der Waals surface area (Å²) in [7, 11) is 0. The van der Waals surface area contributed by atoms with Crippen molar-refractivity contribution < 1.29 is 5.11 Å². The van der Waals surface area contributed by atoms with Gasteiger partial charge in [-0.15, -0.1) is 0 Å². The lowest BCUT2D eigenvalue weighted by molar-refractivity contribution is 0.148. The highest BCUT2D eigenvalue weighted by Gasteiger charge is 2.29. The molecule has 4 heteroatoms. The van der Waals surface area contributed by atoms with Gasteiger partial charge in [0.2, 0.25) is 0 Å². The Bertz CT molecular complexity index is 380. The van der Waals surface area contributed by atoms with Crippen molar-refractivity contribution in [2.24, 2.45) is 5.92 Å². The fourth-order valence-electron chi connectivity index (χ4n) is 2.84. The molecule has 1 unspecified atom stereocenters. The Hall–Kier alpha value is -0.870. The first kappa shape index (κ1) is 12.2. The Labute approximate surface area is 108 Å². The molecule has 2 N–H and O–H groups in total. The van der Waals surface area contributed by atoms with E-state index in [1.807, 2.05) is 0 Å². The van der Waals surface area contributed by atoms with Gasteiger partial charge in [0.25, 0.3) is 0 Å². The number of aliphatic hydroxyl groups is 1. The molecule has 0 aliphatic heterocycles. The van der Waals surface area contributed by atoms with Crippen molar-refractivity contribution in [2.45, 2.75) is 57.2 Å². The van der Waals surface area contributed by atoms with Crippen LogP contribution < -0.4 is 5.32 Å². The number of nitrogens with zero attached hydrogens (tertiary/aromatic N) is 2. The molecular weight excluding hydrogens is 226 g/mol. The van der Waals surface area contributed by atoms with Crippen LogP contribution in [0.2, 0.25) is 0 Å². The van der Waals surface area contributed by atoms with E-state index in [4.69, 9.17) is 0 Å². The van der Waals surface area contributed by atoms with E-state index in [-0.39, 0.29) is 6.10 Å². The maximum absolute atomic E-state index is 9.76. The van der Waals surface area contributed by atoms with Gasteiger partial charge in [0.15, 0.2) is 0 Å². The molecule has 1 atom stereocenters. The van der Waals surface area contributed by atoms with Gasteiger partial charge >= 0.3 is 0 Å². The molecule has 0 spiro atoms. The van der Waals surface area contributed by atoms with Gasteiger partial charge in [0.1, 0.15) is 0 Å². The van der Waals surface area contributed by atoms with E-state index >= 15 is 0 Å². The van der Waals surface area contributed by atoms with E-state index in [9.17, 15) is 5.11 Å². The summed E-state index contributed by atoms with van der Waals surface area (Å²) >= 11 is 0. The van der Waals surface area contributed by atoms with Crippen LogP contribution in [0.3, 0.4) is 0 Å². The second-order valence-corrected chi connectivity index (χ2v) is 5.76. The average Bonchev–Trinajstić information content (AvgIpc) is 2.90. The summed E-state index contributed by atoms with van der Waals surface area (Å²) in [5, 5.41) is 17.7. The molecule has 2 fully saturated rings. The lowest BCUT2D eigenvalue weighted by atomic mass is 10.2. The monoisotopic (exact) mass is 249 g/mol. The predicted molar refractivity (Wildman–Crippen MR) is 70.2 cm³/mol. The maximum atomic E-state index is 9.76. The van der Waals surface area contributed by atoms with Gasteiger partial charge in [-0.1, -0.05) is 12.8 Å². The summed E-state index contributed by atoms with van der Waals surface area (Å²) in [6, 6.07) is 2.71. The molecule has 2 aliphatic carbocycles. The zero-order chi connectivity index (χ0) is 12.4. The number of nitrogens with one attached hydrogen (secondary N) is 1. The van der Waals surface area contributed by atoms with Crippen molar-refractivity contribution in [1.29, 1.82) is 0 Å². The van der Waals surface area contributed by atoms with E-state index in [1.165, 1.54) is 38.5 Å². The summed E-state index contributed by atoms with van der Waals surface area (Å²) in [6.07, 6.45) is 9.55. The fourth-order valence-corrected chi connectivity index (χ4v) is 2.84. The molecular formula is C14H23N3O. The number of hydrogen-bond acceptors (Lipinski definition) is 3. The van der Waals surface area contributed by atoms with E-state index in [2.05, 4.69) is 27.4 Å². The second kappa shape index (κ2) is 5.41. The van der Waals surface area contributed by atoms with Crippen LogP contribution in [0.25, 0.3) is 0 Å². The van der Waals surface area contributed by atoms with Crippen molar-refractivity contribution in [3.05, 3.63) is 18.0 Å². The molecule has 1 aromatic heterocycles. The van der Waals surface area contributed by atoms with Crippen molar-refractivity contribution in [3.8, 4) is 0 Å². The van der Waals surface area contributed by atoms with Gasteiger partial charge in [0.05, 0.1) is 17.8 Å². The molecule has 1 heterocycles. The molecule has 0 saturated heterocycles. The van der Waals surface area contributed by atoms with Gasteiger partial charge in [-0.3, -0.25) is 4.68 Å². The second-order valence-electron chi connectivity index (χ2n) is 5.76. The summed E-state index contributed by atoms with van der Waals surface area (Å²) in [5.74, 6) is 0.550. The maximum Gasteiger partial charge on any atom is 0.0762 e. The summed E-state index contributed by atoms with van der Waals surface area (Å²) < 4.78 is 2.13. The molecule has 100 valence electrons.